The van der Waals surface area contributed by atoms with Crippen molar-refractivity contribution in [3.05, 3.63) is 23.8 Å². The highest BCUT2D eigenvalue weighted by Crippen LogP contribution is 2.25. The molecule has 0 bridgehead atoms. The van der Waals surface area contributed by atoms with Gasteiger partial charge in [-0.3, -0.25) is 9.59 Å². The van der Waals surface area contributed by atoms with E-state index in [0.717, 1.165) is 6.42 Å². The van der Waals surface area contributed by atoms with Crippen LogP contribution in [0.15, 0.2) is 18.2 Å². The van der Waals surface area contributed by atoms with Crippen LogP contribution in [0.4, 0.5) is 0 Å². The van der Waals surface area contributed by atoms with Gasteiger partial charge in [0.2, 0.25) is 0 Å². The van der Waals surface area contributed by atoms with Gasteiger partial charge < -0.3 is 14.8 Å². The van der Waals surface area contributed by atoms with Crippen LogP contribution in [0.5, 0.6) is 11.5 Å². The standard InChI is InChI=1S/C16H23NO4/c1-11(2)7-8-17-16(19)10-21-15-9-13(20-4)5-6-14(15)12(3)18/h5-6,9,11H,7-8,10H2,1-4H3,(H,17,19). The van der Waals surface area contributed by atoms with Crippen molar-refractivity contribution in [2.75, 3.05) is 20.3 Å². The zero-order valence-corrected chi connectivity index (χ0v) is 13.1. The number of nitrogens with one attached hydrogen (secondary N) is 1. The molecule has 1 N–H and O–H groups in total. The van der Waals surface area contributed by atoms with E-state index in [9.17, 15) is 9.59 Å². The van der Waals surface area contributed by atoms with Gasteiger partial charge in [0.15, 0.2) is 12.4 Å². The molecule has 1 rings (SSSR count). The van der Waals surface area contributed by atoms with Gasteiger partial charge in [-0.05, 0) is 31.4 Å². The molecule has 0 fully saturated rings. The number of methoxy groups -OCH3 is 1. The number of benzene rings is 1. The maximum Gasteiger partial charge on any atom is 0.257 e. The van der Waals surface area contributed by atoms with Crippen LogP contribution in [0.1, 0.15) is 37.6 Å². The lowest BCUT2D eigenvalue weighted by Crippen LogP contribution is -2.30. The summed E-state index contributed by atoms with van der Waals surface area (Å²) in [5, 5.41) is 2.78. The molecule has 0 aliphatic carbocycles. The second-order valence-corrected chi connectivity index (χ2v) is 5.24. The maximum atomic E-state index is 11.7. The molecule has 0 spiro atoms. The van der Waals surface area contributed by atoms with Crippen LogP contribution in [0.3, 0.4) is 0 Å². The van der Waals surface area contributed by atoms with E-state index in [-0.39, 0.29) is 18.3 Å². The number of Topliss-reactive ketones (excluding diaryl/α,β-unsaturated/α-hetero) is 1. The first-order valence-corrected chi connectivity index (χ1v) is 7.02. The van der Waals surface area contributed by atoms with Crippen LogP contribution in [-0.4, -0.2) is 32.0 Å². The Kier molecular flexibility index (Phi) is 6.72. The fourth-order valence-electron chi connectivity index (χ4n) is 1.73. The van der Waals surface area contributed by atoms with Gasteiger partial charge in [-0.2, -0.15) is 0 Å². The Bertz CT molecular complexity index is 497. The van der Waals surface area contributed by atoms with Crippen molar-refractivity contribution in [1.29, 1.82) is 0 Å². The number of ether oxygens (including phenoxy) is 2. The summed E-state index contributed by atoms with van der Waals surface area (Å²) in [6, 6.07) is 4.93. The molecule has 5 nitrogen and oxygen atoms in total. The van der Waals surface area contributed by atoms with Crippen molar-refractivity contribution in [3.8, 4) is 11.5 Å². The largest absolute Gasteiger partial charge is 0.497 e. The van der Waals surface area contributed by atoms with Crippen molar-refractivity contribution < 1.29 is 19.1 Å². The van der Waals surface area contributed by atoms with Crippen molar-refractivity contribution in [1.82, 2.24) is 5.32 Å². The number of ketones is 1. The van der Waals surface area contributed by atoms with Crippen LogP contribution < -0.4 is 14.8 Å². The Morgan fingerprint density at radius 1 is 1.29 bits per heavy atom. The molecule has 116 valence electrons. The number of carbonyl (C=O) groups excluding carboxylic acids is 2. The quantitative estimate of drug-likeness (QED) is 0.748. The van der Waals surface area contributed by atoms with E-state index in [1.165, 1.54) is 14.0 Å². The third-order valence-corrected chi connectivity index (χ3v) is 2.97. The minimum Gasteiger partial charge on any atom is -0.497 e. The van der Waals surface area contributed by atoms with E-state index >= 15 is 0 Å². The number of rotatable bonds is 8. The highest BCUT2D eigenvalue weighted by Gasteiger charge is 2.11. The van der Waals surface area contributed by atoms with Gasteiger partial charge in [-0.25, -0.2) is 0 Å². The van der Waals surface area contributed by atoms with E-state index < -0.39 is 0 Å². The molecule has 0 radical (unpaired) electrons. The van der Waals surface area contributed by atoms with Gasteiger partial charge in [0.25, 0.3) is 5.91 Å². The van der Waals surface area contributed by atoms with Gasteiger partial charge in [-0.1, -0.05) is 13.8 Å². The molecule has 0 atom stereocenters. The molecule has 0 saturated carbocycles. The maximum absolute atomic E-state index is 11.7. The molecule has 0 aliphatic rings. The molecule has 0 aromatic heterocycles. The van der Waals surface area contributed by atoms with Crippen LogP contribution >= 0.6 is 0 Å². The summed E-state index contributed by atoms with van der Waals surface area (Å²) in [7, 11) is 1.53. The predicted molar refractivity (Wildman–Crippen MR) is 81.0 cm³/mol. The third kappa shape index (κ3) is 5.85. The zero-order chi connectivity index (χ0) is 15.8. The Hall–Kier alpha value is -2.04. The van der Waals surface area contributed by atoms with E-state index in [1.54, 1.807) is 18.2 Å². The summed E-state index contributed by atoms with van der Waals surface area (Å²) in [5.74, 6) is 1.16. The van der Waals surface area contributed by atoms with Crippen LogP contribution in [0, 0.1) is 5.92 Å². The molecular weight excluding hydrogens is 270 g/mol. The number of amides is 1. The fourth-order valence-corrected chi connectivity index (χ4v) is 1.73. The summed E-state index contributed by atoms with van der Waals surface area (Å²) in [6.07, 6.45) is 0.920. The van der Waals surface area contributed by atoms with Crippen LogP contribution in [-0.2, 0) is 4.79 Å². The topological polar surface area (TPSA) is 64.6 Å². The van der Waals surface area contributed by atoms with E-state index in [2.05, 4.69) is 19.2 Å². The Balaban J connectivity index is 2.61. The minimum absolute atomic E-state index is 0.118. The molecule has 1 amide bonds. The molecule has 1 aromatic carbocycles. The summed E-state index contributed by atoms with van der Waals surface area (Å²) in [6.45, 7) is 6.15. The lowest BCUT2D eigenvalue weighted by molar-refractivity contribution is -0.123. The van der Waals surface area contributed by atoms with Gasteiger partial charge in [0.1, 0.15) is 11.5 Å². The highest BCUT2D eigenvalue weighted by molar-refractivity contribution is 5.97. The van der Waals surface area contributed by atoms with Crippen molar-refractivity contribution in [2.45, 2.75) is 27.2 Å². The van der Waals surface area contributed by atoms with Gasteiger partial charge in [0.05, 0.1) is 12.7 Å². The predicted octanol–water partition coefficient (Wildman–Crippen LogP) is 2.44. The lowest BCUT2D eigenvalue weighted by atomic mass is 10.1. The Labute approximate surface area is 125 Å². The SMILES string of the molecule is COc1ccc(C(C)=O)c(OCC(=O)NCCC(C)C)c1. The second kappa shape index (κ2) is 8.29. The summed E-state index contributed by atoms with van der Waals surface area (Å²) >= 11 is 0. The smallest absolute Gasteiger partial charge is 0.257 e. The normalized spacial score (nSPS) is 10.3. The first-order chi connectivity index (χ1) is 9.93. The first-order valence-electron chi connectivity index (χ1n) is 7.02. The molecule has 0 aliphatic heterocycles. The molecule has 0 unspecified atom stereocenters. The number of hydrogen-bond donors (Lipinski definition) is 1. The summed E-state index contributed by atoms with van der Waals surface area (Å²) in [5.41, 5.74) is 0.436. The van der Waals surface area contributed by atoms with Crippen LogP contribution in [0.2, 0.25) is 0 Å². The molecular formula is C16H23NO4. The van der Waals surface area contributed by atoms with Gasteiger partial charge in [0, 0.05) is 12.6 Å². The summed E-state index contributed by atoms with van der Waals surface area (Å²) in [4.78, 5) is 23.2. The van der Waals surface area contributed by atoms with Gasteiger partial charge >= 0.3 is 0 Å². The van der Waals surface area contributed by atoms with E-state index in [4.69, 9.17) is 9.47 Å². The highest BCUT2D eigenvalue weighted by atomic mass is 16.5. The zero-order valence-electron chi connectivity index (χ0n) is 13.1. The fraction of sp³-hybridized carbons (Fsp3) is 0.500. The third-order valence-electron chi connectivity index (χ3n) is 2.97. The Morgan fingerprint density at radius 3 is 2.57 bits per heavy atom. The monoisotopic (exact) mass is 293 g/mol. The first kappa shape index (κ1) is 17.0. The van der Waals surface area contributed by atoms with Crippen molar-refractivity contribution in [2.24, 2.45) is 5.92 Å². The molecule has 0 saturated heterocycles. The van der Waals surface area contributed by atoms with Crippen molar-refractivity contribution in [3.63, 3.8) is 0 Å². The average Bonchev–Trinajstić information content (AvgIpc) is 2.44. The second-order valence-electron chi connectivity index (χ2n) is 5.24. The van der Waals surface area contributed by atoms with Crippen molar-refractivity contribution >= 4 is 11.7 Å². The molecule has 21 heavy (non-hydrogen) atoms. The molecule has 1 aromatic rings. The number of hydrogen-bond acceptors (Lipinski definition) is 4. The minimum atomic E-state index is -0.201. The Morgan fingerprint density at radius 2 is 2.00 bits per heavy atom. The van der Waals surface area contributed by atoms with E-state index in [0.29, 0.717) is 29.5 Å². The lowest BCUT2D eigenvalue weighted by Gasteiger charge is -2.12. The summed E-state index contributed by atoms with van der Waals surface area (Å²) < 4.78 is 10.5. The number of carbonyl (C=O) groups is 2. The average molecular weight is 293 g/mol. The van der Waals surface area contributed by atoms with E-state index in [1.807, 2.05) is 0 Å². The molecule has 0 heterocycles. The van der Waals surface area contributed by atoms with Crippen LogP contribution in [0.25, 0.3) is 0 Å². The van der Waals surface area contributed by atoms with Gasteiger partial charge in [-0.15, -0.1) is 0 Å². The molecule has 5 heteroatoms.